The molecule has 17 heavy (non-hydrogen) atoms. The van der Waals surface area contributed by atoms with Crippen molar-refractivity contribution in [2.24, 2.45) is 5.92 Å². The predicted octanol–water partition coefficient (Wildman–Crippen LogP) is 0.498. The van der Waals surface area contributed by atoms with Gasteiger partial charge < -0.3 is 10.4 Å². The summed E-state index contributed by atoms with van der Waals surface area (Å²) in [7, 11) is 0. The second kappa shape index (κ2) is 4.22. The summed E-state index contributed by atoms with van der Waals surface area (Å²) >= 11 is 3.11. The number of nitrogens with one attached hydrogen (secondary N) is 1. The summed E-state index contributed by atoms with van der Waals surface area (Å²) in [5.74, 6) is 0.510. The zero-order valence-electron chi connectivity index (χ0n) is 9.01. The van der Waals surface area contributed by atoms with Crippen molar-refractivity contribution in [1.82, 2.24) is 10.2 Å². The number of carboxylic acid groups (broad SMARTS) is 1. The van der Waals surface area contributed by atoms with Crippen molar-refractivity contribution in [2.45, 2.75) is 11.8 Å². The van der Waals surface area contributed by atoms with Gasteiger partial charge in [-0.15, -0.1) is 11.8 Å². The molecule has 0 bridgehead atoms. The lowest BCUT2D eigenvalue weighted by molar-refractivity contribution is -0.145. The summed E-state index contributed by atoms with van der Waals surface area (Å²) in [6, 6.07) is 0. The fourth-order valence-electron chi connectivity index (χ4n) is 1.98. The zero-order valence-corrected chi connectivity index (χ0v) is 10.6. The predicted molar refractivity (Wildman–Crippen MR) is 66.3 cm³/mol. The van der Waals surface area contributed by atoms with Crippen LogP contribution in [0.25, 0.3) is 0 Å². The van der Waals surface area contributed by atoms with Gasteiger partial charge >= 0.3 is 5.97 Å². The molecule has 92 valence electrons. The van der Waals surface area contributed by atoms with E-state index in [0.717, 1.165) is 23.1 Å². The maximum absolute atomic E-state index is 11.4. The molecule has 0 aromatic heterocycles. The molecule has 7 heteroatoms. The number of β-lactam (4-membered cyclic amide) rings is 1. The Morgan fingerprint density at radius 2 is 2.35 bits per heavy atom. The van der Waals surface area contributed by atoms with Crippen molar-refractivity contribution in [1.29, 1.82) is 0 Å². The number of rotatable bonds is 4. The number of carbonyl (C=O) groups is 2. The van der Waals surface area contributed by atoms with Gasteiger partial charge in [-0.3, -0.25) is 9.69 Å². The Kier molecular flexibility index (Phi) is 2.84. The van der Waals surface area contributed by atoms with Gasteiger partial charge in [0.1, 0.15) is 0 Å². The molecule has 0 aliphatic carbocycles. The number of thioether (sulfide) groups is 2. The number of fused-ring (bicyclic) bond motifs is 1. The minimum Gasteiger partial charge on any atom is -0.477 e. The van der Waals surface area contributed by atoms with Crippen LogP contribution in [0.2, 0.25) is 0 Å². The SMILES string of the molecule is O=C(O)C1=C(SCC2CNC2)SC2CC(=O)N12. The molecule has 0 saturated carbocycles. The summed E-state index contributed by atoms with van der Waals surface area (Å²) in [6.07, 6.45) is 0.469. The van der Waals surface area contributed by atoms with Gasteiger partial charge in [0.05, 0.1) is 16.0 Å². The Morgan fingerprint density at radius 3 is 2.88 bits per heavy atom. The molecule has 2 N–H and O–H groups in total. The molecule has 2 fully saturated rings. The third-order valence-electron chi connectivity index (χ3n) is 3.10. The van der Waals surface area contributed by atoms with Gasteiger partial charge in [0.15, 0.2) is 5.70 Å². The average Bonchev–Trinajstić information content (AvgIpc) is 2.49. The third-order valence-corrected chi connectivity index (χ3v) is 5.89. The first-order chi connectivity index (χ1) is 8.16. The molecule has 3 aliphatic heterocycles. The second-order valence-corrected chi connectivity index (χ2v) is 6.79. The van der Waals surface area contributed by atoms with Crippen LogP contribution >= 0.6 is 23.5 Å². The lowest BCUT2D eigenvalue weighted by atomic mass is 10.1. The molecule has 3 heterocycles. The monoisotopic (exact) mass is 272 g/mol. The van der Waals surface area contributed by atoms with Crippen molar-refractivity contribution in [3.63, 3.8) is 0 Å². The summed E-state index contributed by atoms with van der Waals surface area (Å²) in [6.45, 7) is 2.03. The normalized spacial score (nSPS) is 27.9. The first kappa shape index (κ1) is 11.4. The molecule has 5 nitrogen and oxygen atoms in total. The molecule has 1 unspecified atom stereocenters. The van der Waals surface area contributed by atoms with Crippen molar-refractivity contribution in [2.75, 3.05) is 18.8 Å². The molecular weight excluding hydrogens is 260 g/mol. The van der Waals surface area contributed by atoms with Crippen molar-refractivity contribution in [3.05, 3.63) is 9.93 Å². The smallest absolute Gasteiger partial charge is 0.354 e. The number of hydrogen-bond acceptors (Lipinski definition) is 5. The maximum atomic E-state index is 11.4. The quantitative estimate of drug-likeness (QED) is 0.726. The van der Waals surface area contributed by atoms with Crippen LogP contribution in [-0.2, 0) is 9.59 Å². The molecule has 0 spiro atoms. The highest BCUT2D eigenvalue weighted by molar-refractivity contribution is 8.22. The van der Waals surface area contributed by atoms with E-state index in [2.05, 4.69) is 5.32 Å². The molecule has 3 rings (SSSR count). The van der Waals surface area contributed by atoms with Gasteiger partial charge in [-0.1, -0.05) is 11.8 Å². The number of carboxylic acids is 1. The van der Waals surface area contributed by atoms with Crippen molar-refractivity contribution < 1.29 is 14.7 Å². The Balaban J connectivity index is 1.72. The van der Waals surface area contributed by atoms with E-state index in [-0.39, 0.29) is 17.0 Å². The zero-order chi connectivity index (χ0) is 12.0. The van der Waals surface area contributed by atoms with Crippen LogP contribution in [0.5, 0.6) is 0 Å². The van der Waals surface area contributed by atoms with Crippen LogP contribution in [0.1, 0.15) is 6.42 Å². The minimum atomic E-state index is -0.984. The lowest BCUT2D eigenvalue weighted by Gasteiger charge is -2.33. The Morgan fingerprint density at radius 1 is 1.59 bits per heavy atom. The van der Waals surface area contributed by atoms with E-state index in [4.69, 9.17) is 5.11 Å². The molecule has 1 atom stereocenters. The van der Waals surface area contributed by atoms with Gasteiger partial charge in [0.2, 0.25) is 5.91 Å². The number of aliphatic carboxylic acids is 1. The van der Waals surface area contributed by atoms with Crippen molar-refractivity contribution in [3.8, 4) is 0 Å². The molecule has 3 aliphatic rings. The number of hydrogen-bond donors (Lipinski definition) is 2. The van der Waals surface area contributed by atoms with Gasteiger partial charge in [0, 0.05) is 5.75 Å². The Hall–Kier alpha value is -0.660. The van der Waals surface area contributed by atoms with Gasteiger partial charge in [-0.05, 0) is 19.0 Å². The van der Waals surface area contributed by atoms with E-state index in [0.29, 0.717) is 12.3 Å². The molecule has 2 saturated heterocycles. The highest BCUT2D eigenvalue weighted by Gasteiger charge is 2.48. The van der Waals surface area contributed by atoms with Crippen LogP contribution in [0, 0.1) is 5.92 Å². The second-order valence-electron chi connectivity index (χ2n) is 4.32. The summed E-state index contributed by atoms with van der Waals surface area (Å²) in [5.41, 5.74) is 0.202. The molecule has 0 aromatic carbocycles. The van der Waals surface area contributed by atoms with Gasteiger partial charge in [-0.2, -0.15) is 0 Å². The molecule has 0 radical (unpaired) electrons. The largest absolute Gasteiger partial charge is 0.477 e. The molecular formula is C10H12N2O3S2. The first-order valence-electron chi connectivity index (χ1n) is 5.46. The number of nitrogens with zero attached hydrogens (tertiary/aromatic N) is 1. The topological polar surface area (TPSA) is 69.6 Å². The standard InChI is InChI=1S/C10H12N2O3S2/c13-6-1-7-12(6)8(9(14)15)10(17-7)16-4-5-2-11-3-5/h5,7,11H,1-4H2,(H,14,15). The third kappa shape index (κ3) is 1.86. The van der Waals surface area contributed by atoms with E-state index in [1.165, 1.54) is 16.7 Å². The van der Waals surface area contributed by atoms with Gasteiger partial charge in [-0.25, -0.2) is 4.79 Å². The van der Waals surface area contributed by atoms with Crippen LogP contribution in [-0.4, -0.2) is 46.1 Å². The summed E-state index contributed by atoms with van der Waals surface area (Å²) in [5, 5.41) is 12.4. The lowest BCUT2D eigenvalue weighted by Crippen LogP contribution is -2.48. The summed E-state index contributed by atoms with van der Waals surface area (Å²) < 4.78 is 0.806. The fraction of sp³-hybridized carbons (Fsp3) is 0.600. The summed E-state index contributed by atoms with van der Waals surface area (Å²) in [4.78, 5) is 24.0. The first-order valence-corrected chi connectivity index (χ1v) is 7.33. The van der Waals surface area contributed by atoms with E-state index in [1.54, 1.807) is 11.8 Å². The van der Waals surface area contributed by atoms with Gasteiger partial charge in [0.25, 0.3) is 0 Å². The van der Waals surface area contributed by atoms with Crippen LogP contribution in [0.3, 0.4) is 0 Å². The Labute approximate surface area is 107 Å². The van der Waals surface area contributed by atoms with Crippen molar-refractivity contribution >= 4 is 35.4 Å². The maximum Gasteiger partial charge on any atom is 0.354 e. The van der Waals surface area contributed by atoms with E-state index < -0.39 is 5.97 Å². The van der Waals surface area contributed by atoms with Crippen LogP contribution in [0.4, 0.5) is 0 Å². The van der Waals surface area contributed by atoms with E-state index in [1.807, 2.05) is 0 Å². The minimum absolute atomic E-state index is 0.0376. The Bertz CT molecular complexity index is 420. The highest BCUT2D eigenvalue weighted by atomic mass is 32.2. The highest BCUT2D eigenvalue weighted by Crippen LogP contribution is 2.50. The molecule has 1 amide bonds. The molecule has 0 aromatic rings. The van der Waals surface area contributed by atoms with E-state index in [9.17, 15) is 9.59 Å². The fourth-order valence-corrected chi connectivity index (χ4v) is 4.83. The number of amides is 1. The van der Waals surface area contributed by atoms with Crippen LogP contribution < -0.4 is 5.32 Å². The van der Waals surface area contributed by atoms with E-state index >= 15 is 0 Å². The number of carbonyl (C=O) groups excluding carboxylic acids is 1. The average molecular weight is 272 g/mol. The van der Waals surface area contributed by atoms with Crippen LogP contribution in [0.15, 0.2) is 9.93 Å².